The highest BCUT2D eigenvalue weighted by atomic mass is 35.5. The number of fused-ring (bicyclic) bond motifs is 1. The molecule has 0 fully saturated rings. The Morgan fingerprint density at radius 3 is 2.53 bits per heavy atom. The molecule has 0 amide bonds. The number of aliphatic hydroxyl groups is 1. The minimum absolute atomic E-state index is 0.0629. The average molecular weight is 272 g/mol. The van der Waals surface area contributed by atoms with Gasteiger partial charge >= 0.3 is 0 Å². The summed E-state index contributed by atoms with van der Waals surface area (Å²) in [5, 5.41) is 11.2. The Morgan fingerprint density at radius 2 is 1.74 bits per heavy atom. The molecular formula is C16H14ClNO. The van der Waals surface area contributed by atoms with Gasteiger partial charge in [-0.2, -0.15) is 0 Å². The number of rotatable bonds is 3. The first kappa shape index (κ1) is 12.3. The van der Waals surface area contributed by atoms with Crippen LogP contribution < -0.4 is 0 Å². The largest absolute Gasteiger partial charge is 0.392 e. The van der Waals surface area contributed by atoms with E-state index in [0.717, 1.165) is 33.6 Å². The van der Waals surface area contributed by atoms with E-state index in [2.05, 4.69) is 10.6 Å². The lowest BCUT2D eigenvalue weighted by Crippen LogP contribution is -1.98. The van der Waals surface area contributed by atoms with E-state index >= 15 is 0 Å². The lowest BCUT2D eigenvalue weighted by Gasteiger charge is -2.08. The van der Waals surface area contributed by atoms with Crippen molar-refractivity contribution in [2.45, 2.75) is 13.2 Å². The fourth-order valence-electron chi connectivity index (χ4n) is 2.37. The predicted octanol–water partition coefficient (Wildman–Crippen LogP) is 3.84. The third-order valence-corrected chi connectivity index (χ3v) is 3.74. The van der Waals surface area contributed by atoms with Crippen molar-refractivity contribution in [3.63, 3.8) is 0 Å². The van der Waals surface area contributed by atoms with E-state index in [9.17, 15) is 5.11 Å². The fraction of sp³-hybridized carbons (Fsp3) is 0.125. The summed E-state index contributed by atoms with van der Waals surface area (Å²) in [4.78, 5) is 0. The lowest BCUT2D eigenvalue weighted by molar-refractivity contribution is 0.283. The topological polar surface area (TPSA) is 25.2 Å². The Bertz CT molecular complexity index is 718. The number of hydrogen-bond acceptors (Lipinski definition) is 1. The van der Waals surface area contributed by atoms with E-state index in [1.54, 1.807) is 0 Å². The maximum absolute atomic E-state index is 9.35. The molecule has 0 spiro atoms. The molecular weight excluding hydrogens is 258 g/mol. The molecule has 0 unspecified atom stereocenters. The average Bonchev–Trinajstić information content (AvgIpc) is 2.84. The molecule has 0 aliphatic rings. The number of hydrogen-bond donors (Lipinski definition) is 1. The standard InChI is InChI=1S/C16H14ClNO/c17-15-6-2-1-4-12(15)10-18-9-8-14-13(11-19)5-3-7-16(14)18/h1-9,19H,10-11H2. The zero-order valence-corrected chi connectivity index (χ0v) is 11.1. The molecule has 2 nitrogen and oxygen atoms in total. The Morgan fingerprint density at radius 1 is 0.947 bits per heavy atom. The number of benzene rings is 2. The van der Waals surface area contributed by atoms with E-state index in [4.69, 9.17) is 11.6 Å². The summed E-state index contributed by atoms with van der Waals surface area (Å²) in [6.07, 6.45) is 2.03. The van der Waals surface area contributed by atoms with Crippen molar-refractivity contribution in [2.75, 3.05) is 0 Å². The van der Waals surface area contributed by atoms with Crippen LogP contribution in [0.2, 0.25) is 5.02 Å². The monoisotopic (exact) mass is 271 g/mol. The fourth-order valence-corrected chi connectivity index (χ4v) is 2.57. The van der Waals surface area contributed by atoms with Gasteiger partial charge in [0, 0.05) is 28.7 Å². The summed E-state index contributed by atoms with van der Waals surface area (Å²) in [6.45, 7) is 0.797. The van der Waals surface area contributed by atoms with Gasteiger partial charge in [-0.3, -0.25) is 0 Å². The molecule has 0 saturated carbocycles. The molecule has 0 atom stereocenters. The van der Waals surface area contributed by atoms with Gasteiger partial charge in [-0.15, -0.1) is 0 Å². The summed E-state index contributed by atoms with van der Waals surface area (Å²) in [7, 11) is 0. The first-order valence-corrected chi connectivity index (χ1v) is 6.58. The van der Waals surface area contributed by atoms with Crippen molar-refractivity contribution < 1.29 is 5.11 Å². The highest BCUT2D eigenvalue weighted by Crippen LogP contribution is 2.23. The van der Waals surface area contributed by atoms with Crippen LogP contribution in [-0.2, 0) is 13.2 Å². The molecule has 1 aromatic heterocycles. The van der Waals surface area contributed by atoms with Gasteiger partial charge in [0.1, 0.15) is 0 Å². The molecule has 3 heteroatoms. The maximum Gasteiger partial charge on any atom is 0.0688 e. The van der Waals surface area contributed by atoms with Gasteiger partial charge in [-0.25, -0.2) is 0 Å². The highest BCUT2D eigenvalue weighted by molar-refractivity contribution is 6.31. The zero-order valence-electron chi connectivity index (χ0n) is 10.4. The van der Waals surface area contributed by atoms with Gasteiger partial charge < -0.3 is 9.67 Å². The van der Waals surface area contributed by atoms with Crippen molar-refractivity contribution in [1.29, 1.82) is 0 Å². The van der Waals surface area contributed by atoms with Crippen LogP contribution >= 0.6 is 11.6 Å². The van der Waals surface area contributed by atoms with Gasteiger partial charge in [0.25, 0.3) is 0 Å². The molecule has 0 aliphatic carbocycles. The Balaban J connectivity index is 2.05. The van der Waals surface area contributed by atoms with Crippen molar-refractivity contribution in [2.24, 2.45) is 0 Å². The third-order valence-electron chi connectivity index (χ3n) is 3.37. The normalized spacial score (nSPS) is 11.1. The van der Waals surface area contributed by atoms with Crippen LogP contribution in [0, 0.1) is 0 Å². The maximum atomic E-state index is 9.35. The molecule has 1 N–H and O–H groups in total. The lowest BCUT2D eigenvalue weighted by atomic mass is 10.1. The van der Waals surface area contributed by atoms with Crippen LogP contribution in [0.1, 0.15) is 11.1 Å². The van der Waals surface area contributed by atoms with Crippen molar-refractivity contribution in [3.8, 4) is 0 Å². The van der Waals surface area contributed by atoms with Crippen LogP contribution in [-0.4, -0.2) is 9.67 Å². The highest BCUT2D eigenvalue weighted by Gasteiger charge is 2.06. The van der Waals surface area contributed by atoms with Crippen molar-refractivity contribution in [3.05, 3.63) is 70.9 Å². The first-order valence-electron chi connectivity index (χ1n) is 6.20. The Hall–Kier alpha value is -1.77. The van der Waals surface area contributed by atoms with Crippen LogP contribution in [0.5, 0.6) is 0 Å². The third kappa shape index (κ3) is 2.25. The van der Waals surface area contributed by atoms with E-state index in [0.29, 0.717) is 0 Å². The second-order valence-electron chi connectivity index (χ2n) is 4.54. The summed E-state index contributed by atoms with van der Waals surface area (Å²) < 4.78 is 2.15. The van der Waals surface area contributed by atoms with E-state index < -0.39 is 0 Å². The molecule has 0 bridgehead atoms. The van der Waals surface area contributed by atoms with Crippen LogP contribution in [0.3, 0.4) is 0 Å². The molecule has 0 aliphatic heterocycles. The molecule has 2 aromatic carbocycles. The molecule has 3 aromatic rings. The van der Waals surface area contributed by atoms with Gasteiger partial charge in [-0.05, 0) is 29.3 Å². The molecule has 0 radical (unpaired) electrons. The van der Waals surface area contributed by atoms with Crippen LogP contribution in [0.25, 0.3) is 10.9 Å². The van der Waals surface area contributed by atoms with Gasteiger partial charge in [0.05, 0.1) is 6.61 Å². The van der Waals surface area contributed by atoms with E-state index in [1.807, 2.05) is 48.7 Å². The number of aliphatic hydroxyl groups excluding tert-OH is 1. The minimum Gasteiger partial charge on any atom is -0.392 e. The second kappa shape index (κ2) is 5.08. The van der Waals surface area contributed by atoms with Gasteiger partial charge in [0.15, 0.2) is 0 Å². The summed E-state index contributed by atoms with van der Waals surface area (Å²) in [5.41, 5.74) is 3.16. The van der Waals surface area contributed by atoms with E-state index in [1.165, 1.54) is 0 Å². The Kier molecular flexibility index (Phi) is 3.28. The van der Waals surface area contributed by atoms with Crippen LogP contribution in [0.4, 0.5) is 0 Å². The SMILES string of the molecule is OCc1cccc2c1ccn2Cc1ccccc1Cl. The summed E-state index contributed by atoms with van der Waals surface area (Å²) in [5.74, 6) is 0. The van der Waals surface area contributed by atoms with Crippen molar-refractivity contribution >= 4 is 22.5 Å². The smallest absolute Gasteiger partial charge is 0.0688 e. The molecule has 96 valence electrons. The molecule has 0 saturated heterocycles. The first-order chi connectivity index (χ1) is 9.29. The second-order valence-corrected chi connectivity index (χ2v) is 4.95. The van der Waals surface area contributed by atoms with Crippen LogP contribution in [0.15, 0.2) is 54.7 Å². The summed E-state index contributed by atoms with van der Waals surface area (Å²) in [6, 6.07) is 15.9. The number of aromatic nitrogens is 1. The summed E-state index contributed by atoms with van der Waals surface area (Å²) >= 11 is 6.20. The Labute approximate surface area is 116 Å². The van der Waals surface area contributed by atoms with Gasteiger partial charge in [0.2, 0.25) is 0 Å². The predicted molar refractivity (Wildman–Crippen MR) is 78.4 cm³/mol. The van der Waals surface area contributed by atoms with Crippen molar-refractivity contribution in [1.82, 2.24) is 4.57 Å². The van der Waals surface area contributed by atoms with Gasteiger partial charge in [-0.1, -0.05) is 41.9 Å². The molecule has 3 rings (SSSR count). The minimum atomic E-state index is 0.0629. The molecule has 19 heavy (non-hydrogen) atoms. The zero-order chi connectivity index (χ0) is 13.2. The number of halogens is 1. The number of nitrogens with zero attached hydrogens (tertiary/aromatic N) is 1. The van der Waals surface area contributed by atoms with E-state index in [-0.39, 0.29) is 6.61 Å². The quantitative estimate of drug-likeness (QED) is 0.769. The molecule has 1 heterocycles.